The number of anilines is 3. The van der Waals surface area contributed by atoms with Gasteiger partial charge in [-0.2, -0.15) is 0 Å². The molecule has 0 unspecified atom stereocenters. The van der Waals surface area contributed by atoms with Gasteiger partial charge < -0.3 is 21.3 Å². The van der Waals surface area contributed by atoms with Gasteiger partial charge in [0.2, 0.25) is 11.8 Å². The van der Waals surface area contributed by atoms with Crippen LogP contribution >= 0.6 is 0 Å². The third-order valence-corrected chi connectivity index (χ3v) is 3.58. The molecule has 6 nitrogen and oxygen atoms in total. The normalized spacial score (nSPS) is 13.3. The number of hydrogen-bond donors (Lipinski definition) is 3. The molecule has 0 atom stereocenters. The highest BCUT2D eigenvalue weighted by molar-refractivity contribution is 5.96. The molecule has 114 valence electrons. The average molecular weight is 290 g/mol. The van der Waals surface area contributed by atoms with Crippen LogP contribution in [-0.4, -0.2) is 31.4 Å². The lowest BCUT2D eigenvalue weighted by Crippen LogP contribution is -2.37. The molecule has 0 radical (unpaired) electrons. The van der Waals surface area contributed by atoms with Crippen LogP contribution in [0.15, 0.2) is 12.1 Å². The first-order chi connectivity index (χ1) is 10.0. The van der Waals surface area contributed by atoms with Crippen LogP contribution in [-0.2, 0) is 16.0 Å². The largest absolute Gasteiger partial charge is 0.397 e. The number of carbonyl (C=O) groups is 2. The van der Waals surface area contributed by atoms with Crippen molar-refractivity contribution in [3.8, 4) is 0 Å². The Hall–Kier alpha value is -2.24. The lowest BCUT2D eigenvalue weighted by atomic mass is 10.0. The SMILES string of the molecule is CCNC(=O)CN(CC)c1cc2c(cc1N)NC(=O)CC2. The summed E-state index contributed by atoms with van der Waals surface area (Å²) < 4.78 is 0. The molecule has 0 aromatic heterocycles. The van der Waals surface area contributed by atoms with E-state index in [2.05, 4.69) is 10.6 Å². The maximum absolute atomic E-state index is 11.8. The minimum atomic E-state index is -0.0234. The van der Waals surface area contributed by atoms with Crippen LogP contribution in [0, 0.1) is 0 Å². The van der Waals surface area contributed by atoms with Crippen LogP contribution in [0.2, 0.25) is 0 Å². The zero-order chi connectivity index (χ0) is 15.4. The van der Waals surface area contributed by atoms with Crippen molar-refractivity contribution >= 4 is 28.9 Å². The van der Waals surface area contributed by atoms with E-state index in [1.807, 2.05) is 24.8 Å². The molecule has 0 spiro atoms. The molecular weight excluding hydrogens is 268 g/mol. The third-order valence-electron chi connectivity index (χ3n) is 3.58. The number of nitrogens with one attached hydrogen (secondary N) is 2. The summed E-state index contributed by atoms with van der Waals surface area (Å²) in [5.74, 6) is -0.00547. The predicted octanol–water partition coefficient (Wildman–Crippen LogP) is 1.12. The minimum absolute atomic E-state index is 0.0179. The van der Waals surface area contributed by atoms with Gasteiger partial charge in [0.05, 0.1) is 17.9 Å². The Labute approximate surface area is 124 Å². The molecule has 4 N–H and O–H groups in total. The predicted molar refractivity (Wildman–Crippen MR) is 84.4 cm³/mol. The molecular formula is C15H22N4O2. The summed E-state index contributed by atoms with van der Waals surface area (Å²) in [6.07, 6.45) is 1.19. The van der Waals surface area contributed by atoms with Gasteiger partial charge in [-0.25, -0.2) is 0 Å². The Bertz CT molecular complexity index is 557. The van der Waals surface area contributed by atoms with E-state index >= 15 is 0 Å². The van der Waals surface area contributed by atoms with Crippen molar-refractivity contribution in [2.75, 3.05) is 35.6 Å². The standard InChI is InChI=1S/C15H22N4O2/c1-3-17-15(21)9-19(4-2)13-7-10-5-6-14(20)18-12(10)8-11(13)16/h7-8H,3-6,9,16H2,1-2H3,(H,17,21)(H,18,20). The highest BCUT2D eigenvalue weighted by Crippen LogP contribution is 2.33. The number of aryl methyl sites for hydroxylation is 1. The molecule has 1 aromatic carbocycles. The molecule has 1 heterocycles. The van der Waals surface area contributed by atoms with Gasteiger partial charge in [0.1, 0.15) is 0 Å². The summed E-state index contributed by atoms with van der Waals surface area (Å²) in [6, 6.07) is 3.76. The maximum Gasteiger partial charge on any atom is 0.239 e. The Morgan fingerprint density at radius 1 is 1.38 bits per heavy atom. The Morgan fingerprint density at radius 3 is 2.81 bits per heavy atom. The number of likely N-dealkylation sites (N-methyl/N-ethyl adjacent to an activating group) is 2. The van der Waals surface area contributed by atoms with E-state index in [1.54, 1.807) is 6.07 Å². The van der Waals surface area contributed by atoms with E-state index in [-0.39, 0.29) is 18.4 Å². The molecule has 0 saturated carbocycles. The number of benzene rings is 1. The number of nitrogens with two attached hydrogens (primary N) is 1. The number of nitrogens with zero attached hydrogens (tertiary/aromatic N) is 1. The van der Waals surface area contributed by atoms with E-state index in [0.717, 1.165) is 16.9 Å². The van der Waals surface area contributed by atoms with Crippen molar-refractivity contribution in [2.45, 2.75) is 26.7 Å². The van der Waals surface area contributed by atoms with Crippen molar-refractivity contribution in [2.24, 2.45) is 0 Å². The fourth-order valence-corrected chi connectivity index (χ4v) is 2.50. The molecule has 0 aliphatic carbocycles. The Balaban J connectivity index is 2.25. The third kappa shape index (κ3) is 3.45. The van der Waals surface area contributed by atoms with Crippen LogP contribution in [0.25, 0.3) is 0 Å². The van der Waals surface area contributed by atoms with E-state index in [0.29, 0.717) is 31.6 Å². The smallest absolute Gasteiger partial charge is 0.239 e. The van der Waals surface area contributed by atoms with E-state index in [9.17, 15) is 9.59 Å². The van der Waals surface area contributed by atoms with Gasteiger partial charge in [0.15, 0.2) is 0 Å². The van der Waals surface area contributed by atoms with Crippen LogP contribution < -0.4 is 21.3 Å². The molecule has 0 saturated heterocycles. The van der Waals surface area contributed by atoms with Crippen LogP contribution in [0.1, 0.15) is 25.8 Å². The maximum atomic E-state index is 11.8. The summed E-state index contributed by atoms with van der Waals surface area (Å²) in [5, 5.41) is 5.62. The van der Waals surface area contributed by atoms with E-state index < -0.39 is 0 Å². The van der Waals surface area contributed by atoms with Gasteiger partial charge >= 0.3 is 0 Å². The number of rotatable bonds is 5. The van der Waals surface area contributed by atoms with Gasteiger partial charge in [0.25, 0.3) is 0 Å². The molecule has 6 heteroatoms. The topological polar surface area (TPSA) is 87.5 Å². The fourth-order valence-electron chi connectivity index (χ4n) is 2.50. The van der Waals surface area contributed by atoms with Crippen molar-refractivity contribution in [3.05, 3.63) is 17.7 Å². The van der Waals surface area contributed by atoms with Crippen molar-refractivity contribution in [1.82, 2.24) is 5.32 Å². The van der Waals surface area contributed by atoms with Gasteiger partial charge in [-0.15, -0.1) is 0 Å². The van der Waals surface area contributed by atoms with Gasteiger partial charge in [-0.3, -0.25) is 9.59 Å². The quantitative estimate of drug-likeness (QED) is 0.709. The first-order valence-corrected chi connectivity index (χ1v) is 7.29. The highest BCUT2D eigenvalue weighted by atomic mass is 16.2. The zero-order valence-electron chi connectivity index (χ0n) is 12.5. The second-order valence-electron chi connectivity index (χ2n) is 5.08. The number of carbonyl (C=O) groups excluding carboxylic acids is 2. The lowest BCUT2D eigenvalue weighted by Gasteiger charge is -2.27. The second kappa shape index (κ2) is 6.47. The monoisotopic (exact) mass is 290 g/mol. The number of amides is 2. The molecule has 2 amide bonds. The minimum Gasteiger partial charge on any atom is -0.397 e. The molecule has 1 aliphatic heterocycles. The molecule has 0 fully saturated rings. The Kier molecular flexibility index (Phi) is 4.67. The van der Waals surface area contributed by atoms with E-state index in [1.165, 1.54) is 0 Å². The molecule has 1 aliphatic rings. The summed E-state index contributed by atoms with van der Waals surface area (Å²) in [4.78, 5) is 25.1. The van der Waals surface area contributed by atoms with Crippen molar-refractivity contribution < 1.29 is 9.59 Å². The Morgan fingerprint density at radius 2 is 2.14 bits per heavy atom. The second-order valence-corrected chi connectivity index (χ2v) is 5.08. The van der Waals surface area contributed by atoms with Gasteiger partial charge in [0, 0.05) is 25.2 Å². The van der Waals surface area contributed by atoms with Crippen LogP contribution in [0.3, 0.4) is 0 Å². The fraction of sp³-hybridized carbons (Fsp3) is 0.467. The number of nitrogen functional groups attached to an aromatic ring is 1. The van der Waals surface area contributed by atoms with Crippen molar-refractivity contribution in [1.29, 1.82) is 0 Å². The summed E-state index contributed by atoms with van der Waals surface area (Å²) in [5.41, 5.74) is 9.35. The van der Waals surface area contributed by atoms with Gasteiger partial charge in [-0.1, -0.05) is 0 Å². The summed E-state index contributed by atoms with van der Waals surface area (Å²) in [6.45, 7) is 5.46. The first kappa shape index (κ1) is 15.2. The van der Waals surface area contributed by atoms with Crippen molar-refractivity contribution in [3.63, 3.8) is 0 Å². The summed E-state index contributed by atoms with van der Waals surface area (Å²) in [7, 11) is 0. The molecule has 21 heavy (non-hydrogen) atoms. The molecule has 1 aromatic rings. The average Bonchev–Trinajstić information content (AvgIpc) is 2.44. The number of fused-ring (bicyclic) bond motifs is 1. The first-order valence-electron chi connectivity index (χ1n) is 7.29. The zero-order valence-corrected chi connectivity index (χ0v) is 12.5. The number of hydrogen-bond acceptors (Lipinski definition) is 4. The van der Waals surface area contributed by atoms with Gasteiger partial charge in [-0.05, 0) is 38.0 Å². The van der Waals surface area contributed by atoms with E-state index in [4.69, 9.17) is 5.73 Å². The highest BCUT2D eigenvalue weighted by Gasteiger charge is 2.19. The molecule has 0 bridgehead atoms. The lowest BCUT2D eigenvalue weighted by molar-refractivity contribution is -0.119. The molecule has 2 rings (SSSR count). The van der Waals surface area contributed by atoms with Crippen LogP contribution in [0.5, 0.6) is 0 Å². The summed E-state index contributed by atoms with van der Waals surface area (Å²) >= 11 is 0. The van der Waals surface area contributed by atoms with Crippen LogP contribution in [0.4, 0.5) is 17.1 Å².